The highest BCUT2D eigenvalue weighted by Crippen LogP contribution is 2.18. The van der Waals surface area contributed by atoms with Crippen LogP contribution in [-0.2, 0) is 12.4 Å². The van der Waals surface area contributed by atoms with Crippen molar-refractivity contribution in [2.24, 2.45) is 0 Å². The van der Waals surface area contributed by atoms with Gasteiger partial charge in [0.1, 0.15) is 5.75 Å². The number of aryl methyl sites for hydroxylation is 1. The summed E-state index contributed by atoms with van der Waals surface area (Å²) in [7, 11) is 0. The topological polar surface area (TPSA) is 49.3 Å². The number of nitrogens with one attached hydrogen (secondary N) is 1. The number of rotatable bonds is 4. The summed E-state index contributed by atoms with van der Waals surface area (Å²) in [6.45, 7) is 2.26. The number of carbonyl (C=O) groups excluding carboxylic acids is 1. The molecular formula is C16H16ClNO2. The lowest BCUT2D eigenvalue weighted by molar-refractivity contribution is 0.0948. The monoisotopic (exact) mass is 289 g/mol. The Bertz CT molecular complexity index is 626. The maximum absolute atomic E-state index is 12.0. The molecule has 0 bridgehead atoms. The molecule has 4 heteroatoms. The second kappa shape index (κ2) is 6.44. The third-order valence-corrected chi connectivity index (χ3v) is 3.31. The van der Waals surface area contributed by atoms with Crippen LogP contribution < -0.4 is 5.32 Å². The summed E-state index contributed by atoms with van der Waals surface area (Å²) in [5, 5.41) is 12.5. The first-order valence-corrected chi connectivity index (χ1v) is 6.85. The fraction of sp³-hybridized carbons (Fsp3) is 0.188. The van der Waals surface area contributed by atoms with Gasteiger partial charge in [0, 0.05) is 12.4 Å². The summed E-state index contributed by atoms with van der Waals surface area (Å²) in [6.07, 6.45) is 0. The zero-order valence-electron chi connectivity index (χ0n) is 11.2. The Morgan fingerprint density at radius 3 is 2.65 bits per heavy atom. The number of phenolic OH excluding ortho intramolecular Hbond substituents is 1. The summed E-state index contributed by atoms with van der Waals surface area (Å²) in [4.78, 5) is 12.0. The number of phenols is 1. The summed E-state index contributed by atoms with van der Waals surface area (Å²) in [5.41, 5.74) is 3.18. The minimum atomic E-state index is -0.293. The van der Waals surface area contributed by atoms with Crippen LogP contribution in [0.5, 0.6) is 5.75 Å². The van der Waals surface area contributed by atoms with Gasteiger partial charge in [0.05, 0.1) is 5.56 Å². The Morgan fingerprint density at radius 1 is 1.20 bits per heavy atom. The van der Waals surface area contributed by atoms with E-state index in [4.69, 9.17) is 11.6 Å². The van der Waals surface area contributed by atoms with Crippen LogP contribution in [-0.4, -0.2) is 11.0 Å². The average molecular weight is 290 g/mol. The van der Waals surface area contributed by atoms with Gasteiger partial charge < -0.3 is 10.4 Å². The molecule has 20 heavy (non-hydrogen) atoms. The third-order valence-electron chi connectivity index (χ3n) is 3.00. The van der Waals surface area contributed by atoms with Gasteiger partial charge in [-0.05, 0) is 35.7 Å². The molecule has 2 aromatic carbocycles. The van der Waals surface area contributed by atoms with Crippen molar-refractivity contribution >= 4 is 17.5 Å². The molecule has 0 saturated heterocycles. The number of aromatic hydroxyl groups is 1. The Balaban J connectivity index is 2.04. The molecular weight excluding hydrogens is 274 g/mol. The number of hydrogen-bond acceptors (Lipinski definition) is 2. The summed E-state index contributed by atoms with van der Waals surface area (Å²) in [6, 6.07) is 12.7. The summed E-state index contributed by atoms with van der Waals surface area (Å²) >= 11 is 5.77. The Morgan fingerprint density at radius 2 is 1.95 bits per heavy atom. The van der Waals surface area contributed by atoms with Crippen LogP contribution in [0.4, 0.5) is 0 Å². The Kier molecular flexibility index (Phi) is 4.64. The molecule has 0 heterocycles. The highest BCUT2D eigenvalue weighted by atomic mass is 35.5. The van der Waals surface area contributed by atoms with Gasteiger partial charge in [0.25, 0.3) is 5.91 Å². The predicted octanol–water partition coefficient (Wildman–Crippen LogP) is 3.37. The maximum atomic E-state index is 12.0. The van der Waals surface area contributed by atoms with Crippen LogP contribution in [0.2, 0.25) is 0 Å². The molecule has 2 rings (SSSR count). The van der Waals surface area contributed by atoms with Gasteiger partial charge in [0.2, 0.25) is 0 Å². The lowest BCUT2D eigenvalue weighted by Gasteiger charge is -2.08. The van der Waals surface area contributed by atoms with E-state index in [1.807, 2.05) is 31.2 Å². The molecule has 0 aliphatic rings. The highest BCUT2D eigenvalue weighted by molar-refractivity contribution is 6.17. The van der Waals surface area contributed by atoms with Gasteiger partial charge in [-0.2, -0.15) is 0 Å². The molecule has 0 unspecified atom stereocenters. The molecule has 104 valence electrons. The van der Waals surface area contributed by atoms with Gasteiger partial charge >= 0.3 is 0 Å². The lowest BCUT2D eigenvalue weighted by atomic mass is 10.1. The lowest BCUT2D eigenvalue weighted by Crippen LogP contribution is -2.22. The second-order valence-electron chi connectivity index (χ2n) is 4.66. The molecule has 0 aliphatic carbocycles. The van der Waals surface area contributed by atoms with Crippen molar-refractivity contribution in [1.82, 2.24) is 5.32 Å². The molecule has 1 amide bonds. The Labute approximate surface area is 123 Å². The van der Waals surface area contributed by atoms with Gasteiger partial charge in [-0.1, -0.05) is 30.3 Å². The molecule has 0 atom stereocenters. The molecule has 0 aromatic heterocycles. The highest BCUT2D eigenvalue weighted by Gasteiger charge is 2.10. The summed E-state index contributed by atoms with van der Waals surface area (Å²) in [5.74, 6) is 0.149. The van der Waals surface area contributed by atoms with Crippen LogP contribution >= 0.6 is 11.6 Å². The van der Waals surface area contributed by atoms with Gasteiger partial charge in [-0.3, -0.25) is 4.79 Å². The van der Waals surface area contributed by atoms with Crippen molar-refractivity contribution in [3.63, 3.8) is 0 Å². The molecule has 3 nitrogen and oxygen atoms in total. The first-order chi connectivity index (χ1) is 9.60. The normalized spacial score (nSPS) is 10.3. The second-order valence-corrected chi connectivity index (χ2v) is 4.92. The van der Waals surface area contributed by atoms with Gasteiger partial charge in [-0.25, -0.2) is 0 Å². The molecule has 0 spiro atoms. The SMILES string of the molecule is Cc1ccc(C(=O)NCc2cccc(CCl)c2)c(O)c1. The van der Waals surface area contributed by atoms with E-state index in [0.29, 0.717) is 12.4 Å². The van der Waals surface area contributed by atoms with Crippen molar-refractivity contribution in [3.05, 3.63) is 64.7 Å². The minimum absolute atomic E-state index is 0.00277. The van der Waals surface area contributed by atoms with Crippen LogP contribution in [0, 0.1) is 6.92 Å². The molecule has 0 aliphatic heterocycles. The number of halogens is 1. The first kappa shape index (κ1) is 14.4. The van der Waals surface area contributed by atoms with Crippen molar-refractivity contribution in [2.75, 3.05) is 0 Å². The van der Waals surface area contributed by atoms with E-state index in [9.17, 15) is 9.90 Å². The summed E-state index contributed by atoms with van der Waals surface area (Å²) < 4.78 is 0. The first-order valence-electron chi connectivity index (χ1n) is 6.32. The van der Waals surface area contributed by atoms with E-state index in [1.54, 1.807) is 18.2 Å². The van der Waals surface area contributed by atoms with Crippen LogP contribution in [0.15, 0.2) is 42.5 Å². The number of hydrogen-bond donors (Lipinski definition) is 2. The molecule has 0 radical (unpaired) electrons. The van der Waals surface area contributed by atoms with Crippen molar-refractivity contribution in [2.45, 2.75) is 19.3 Å². The zero-order chi connectivity index (χ0) is 14.5. The van der Waals surface area contributed by atoms with Crippen molar-refractivity contribution < 1.29 is 9.90 Å². The minimum Gasteiger partial charge on any atom is -0.507 e. The zero-order valence-corrected chi connectivity index (χ0v) is 11.9. The van der Waals surface area contributed by atoms with Crippen LogP contribution in [0.3, 0.4) is 0 Å². The number of carbonyl (C=O) groups is 1. The van der Waals surface area contributed by atoms with Crippen molar-refractivity contribution in [3.8, 4) is 5.75 Å². The van der Waals surface area contributed by atoms with E-state index in [-0.39, 0.29) is 17.2 Å². The van der Waals surface area contributed by atoms with E-state index in [1.165, 1.54) is 0 Å². The van der Waals surface area contributed by atoms with Gasteiger partial charge in [-0.15, -0.1) is 11.6 Å². The standard InChI is InChI=1S/C16H16ClNO2/c1-11-5-6-14(15(19)7-11)16(20)18-10-13-4-2-3-12(8-13)9-17/h2-8,19H,9-10H2,1H3,(H,18,20). The van der Waals surface area contributed by atoms with E-state index in [0.717, 1.165) is 16.7 Å². The molecule has 2 aromatic rings. The smallest absolute Gasteiger partial charge is 0.255 e. The fourth-order valence-corrected chi connectivity index (χ4v) is 2.10. The predicted molar refractivity (Wildman–Crippen MR) is 80.0 cm³/mol. The quantitative estimate of drug-likeness (QED) is 0.848. The largest absolute Gasteiger partial charge is 0.507 e. The number of amides is 1. The van der Waals surface area contributed by atoms with E-state index < -0.39 is 0 Å². The molecule has 2 N–H and O–H groups in total. The maximum Gasteiger partial charge on any atom is 0.255 e. The van der Waals surface area contributed by atoms with Crippen molar-refractivity contribution in [1.29, 1.82) is 0 Å². The molecule has 0 fully saturated rings. The van der Waals surface area contributed by atoms with Crippen LogP contribution in [0.1, 0.15) is 27.0 Å². The van der Waals surface area contributed by atoms with Gasteiger partial charge in [0.15, 0.2) is 0 Å². The molecule has 0 saturated carbocycles. The fourth-order valence-electron chi connectivity index (χ4n) is 1.93. The van der Waals surface area contributed by atoms with Crippen LogP contribution in [0.25, 0.3) is 0 Å². The van der Waals surface area contributed by atoms with E-state index in [2.05, 4.69) is 5.32 Å². The Hall–Kier alpha value is -2.00. The van der Waals surface area contributed by atoms with E-state index >= 15 is 0 Å². The average Bonchev–Trinajstić information content (AvgIpc) is 2.45. The number of alkyl halides is 1. The third kappa shape index (κ3) is 3.52. The number of benzene rings is 2.